The van der Waals surface area contributed by atoms with E-state index in [1.807, 2.05) is 0 Å². The zero-order chi connectivity index (χ0) is 19.4. The predicted molar refractivity (Wildman–Crippen MR) is 106 cm³/mol. The first-order valence-corrected chi connectivity index (χ1v) is 11.5. The molecular weight excluding hydrogens is 386 g/mol. The van der Waals surface area contributed by atoms with Crippen LogP contribution in [0.4, 0.5) is 0 Å². The fourth-order valence-electron chi connectivity index (χ4n) is 3.88. The molecule has 1 saturated heterocycles. The van der Waals surface area contributed by atoms with Crippen molar-refractivity contribution >= 4 is 27.5 Å². The van der Waals surface area contributed by atoms with Gasteiger partial charge in [0.2, 0.25) is 15.9 Å². The third-order valence-electron chi connectivity index (χ3n) is 5.67. The Morgan fingerprint density at radius 3 is 2.37 bits per heavy atom. The lowest BCUT2D eigenvalue weighted by Gasteiger charge is -2.35. The van der Waals surface area contributed by atoms with Gasteiger partial charge in [-0.05, 0) is 43.0 Å². The molecule has 0 spiro atoms. The van der Waals surface area contributed by atoms with Crippen LogP contribution < -0.4 is 5.32 Å². The third-order valence-corrected chi connectivity index (χ3v) is 7.83. The van der Waals surface area contributed by atoms with Gasteiger partial charge in [0.05, 0.1) is 11.4 Å². The van der Waals surface area contributed by atoms with E-state index in [9.17, 15) is 13.2 Å². The van der Waals surface area contributed by atoms with E-state index in [0.29, 0.717) is 49.7 Å². The standard InChI is InChI=1S/C19H28ClN3O3S/c1-15-4-2-3-5-18(15)21-14-19(24)22-10-12-23(13-11-22)27(25,26)17-8-6-16(20)7-9-17/h6-9,15,18,21H,2-5,10-14H2,1H3. The molecule has 2 aliphatic rings. The molecule has 2 atom stereocenters. The van der Waals surface area contributed by atoms with Crippen molar-refractivity contribution in [3.05, 3.63) is 29.3 Å². The Hall–Kier alpha value is -1.15. The number of nitrogens with one attached hydrogen (secondary N) is 1. The molecular formula is C19H28ClN3O3S. The van der Waals surface area contributed by atoms with Crippen molar-refractivity contribution in [3.63, 3.8) is 0 Å². The number of sulfonamides is 1. The van der Waals surface area contributed by atoms with Gasteiger partial charge in [-0.25, -0.2) is 8.42 Å². The number of amides is 1. The molecule has 1 aliphatic heterocycles. The third kappa shape index (κ3) is 5.02. The minimum atomic E-state index is -3.54. The van der Waals surface area contributed by atoms with Crippen LogP contribution >= 0.6 is 11.6 Å². The van der Waals surface area contributed by atoms with Crippen molar-refractivity contribution in [1.29, 1.82) is 0 Å². The molecule has 1 aromatic carbocycles. The van der Waals surface area contributed by atoms with Crippen LogP contribution in [0.3, 0.4) is 0 Å². The Kier molecular flexibility index (Phi) is 6.78. The summed E-state index contributed by atoms with van der Waals surface area (Å²) in [5, 5.41) is 3.91. The largest absolute Gasteiger partial charge is 0.339 e. The lowest BCUT2D eigenvalue weighted by molar-refractivity contribution is -0.131. The average molecular weight is 414 g/mol. The molecule has 1 heterocycles. The average Bonchev–Trinajstić information content (AvgIpc) is 2.67. The van der Waals surface area contributed by atoms with E-state index in [-0.39, 0.29) is 10.8 Å². The minimum Gasteiger partial charge on any atom is -0.339 e. The first-order valence-electron chi connectivity index (χ1n) is 9.65. The summed E-state index contributed by atoms with van der Waals surface area (Å²) in [6, 6.07) is 6.60. The maximum Gasteiger partial charge on any atom is 0.243 e. The number of benzene rings is 1. The Morgan fingerprint density at radius 2 is 1.74 bits per heavy atom. The second kappa shape index (κ2) is 8.90. The van der Waals surface area contributed by atoms with Crippen molar-refractivity contribution in [2.24, 2.45) is 5.92 Å². The SMILES string of the molecule is CC1CCCCC1NCC(=O)N1CCN(S(=O)(=O)c2ccc(Cl)cc2)CC1. The summed E-state index contributed by atoms with van der Waals surface area (Å²) < 4.78 is 26.9. The number of carbonyl (C=O) groups excluding carboxylic acids is 1. The molecule has 6 nitrogen and oxygen atoms in total. The molecule has 27 heavy (non-hydrogen) atoms. The highest BCUT2D eigenvalue weighted by atomic mass is 35.5. The highest BCUT2D eigenvalue weighted by molar-refractivity contribution is 7.89. The van der Waals surface area contributed by atoms with Gasteiger partial charge < -0.3 is 10.2 Å². The molecule has 1 saturated carbocycles. The highest BCUT2D eigenvalue weighted by Gasteiger charge is 2.30. The first kappa shape index (κ1) is 20.6. The zero-order valence-electron chi connectivity index (χ0n) is 15.7. The Bertz CT molecular complexity index is 746. The number of rotatable bonds is 5. The second-order valence-electron chi connectivity index (χ2n) is 7.49. The van der Waals surface area contributed by atoms with Gasteiger partial charge in [-0.3, -0.25) is 4.79 Å². The number of halogens is 1. The summed E-state index contributed by atoms with van der Waals surface area (Å²) in [5.74, 6) is 0.657. The van der Waals surface area contributed by atoms with E-state index < -0.39 is 10.0 Å². The predicted octanol–water partition coefficient (Wildman–Crippen LogP) is 2.34. The molecule has 2 fully saturated rings. The van der Waals surface area contributed by atoms with E-state index in [4.69, 9.17) is 11.6 Å². The van der Waals surface area contributed by atoms with Gasteiger partial charge in [-0.2, -0.15) is 4.31 Å². The van der Waals surface area contributed by atoms with Crippen LogP contribution in [0.15, 0.2) is 29.2 Å². The van der Waals surface area contributed by atoms with Gasteiger partial charge in [0.1, 0.15) is 0 Å². The maximum absolute atomic E-state index is 12.7. The Balaban J connectivity index is 1.50. The second-order valence-corrected chi connectivity index (χ2v) is 9.86. The van der Waals surface area contributed by atoms with Gasteiger partial charge in [0.15, 0.2) is 0 Å². The van der Waals surface area contributed by atoms with Gasteiger partial charge in [0.25, 0.3) is 0 Å². The Labute approximate surface area is 166 Å². The molecule has 0 bridgehead atoms. The number of nitrogens with zero attached hydrogens (tertiary/aromatic N) is 2. The van der Waals surface area contributed by atoms with E-state index in [1.54, 1.807) is 17.0 Å². The molecule has 8 heteroatoms. The van der Waals surface area contributed by atoms with Crippen molar-refractivity contribution < 1.29 is 13.2 Å². The maximum atomic E-state index is 12.7. The number of hydrogen-bond acceptors (Lipinski definition) is 4. The molecule has 0 radical (unpaired) electrons. The lowest BCUT2D eigenvalue weighted by atomic mass is 9.86. The molecule has 1 amide bonds. The molecule has 150 valence electrons. The quantitative estimate of drug-likeness (QED) is 0.804. The zero-order valence-corrected chi connectivity index (χ0v) is 17.3. The van der Waals surface area contributed by atoms with Crippen LogP contribution in [-0.2, 0) is 14.8 Å². The molecule has 3 rings (SSSR count). The van der Waals surface area contributed by atoms with Crippen LogP contribution in [-0.4, -0.2) is 62.3 Å². The van der Waals surface area contributed by atoms with Crippen LogP contribution in [0.25, 0.3) is 0 Å². The molecule has 1 aromatic rings. The fraction of sp³-hybridized carbons (Fsp3) is 0.632. The van der Waals surface area contributed by atoms with Crippen LogP contribution in [0.2, 0.25) is 5.02 Å². The summed E-state index contributed by atoms with van der Waals surface area (Å²) in [7, 11) is -3.54. The monoisotopic (exact) mass is 413 g/mol. The number of hydrogen-bond donors (Lipinski definition) is 1. The van der Waals surface area contributed by atoms with Crippen molar-refractivity contribution in [3.8, 4) is 0 Å². The smallest absolute Gasteiger partial charge is 0.243 e. The topological polar surface area (TPSA) is 69.7 Å². The van der Waals surface area contributed by atoms with Crippen LogP contribution in [0.5, 0.6) is 0 Å². The van der Waals surface area contributed by atoms with Crippen molar-refractivity contribution in [2.75, 3.05) is 32.7 Å². The van der Waals surface area contributed by atoms with E-state index in [2.05, 4.69) is 12.2 Å². The summed E-state index contributed by atoms with van der Waals surface area (Å²) in [4.78, 5) is 14.5. The molecule has 1 aliphatic carbocycles. The van der Waals surface area contributed by atoms with E-state index in [1.165, 1.54) is 35.7 Å². The van der Waals surface area contributed by atoms with Gasteiger partial charge in [-0.1, -0.05) is 31.4 Å². The summed E-state index contributed by atoms with van der Waals surface area (Å²) >= 11 is 5.84. The van der Waals surface area contributed by atoms with E-state index >= 15 is 0 Å². The number of carbonyl (C=O) groups is 1. The number of piperazine rings is 1. The molecule has 1 N–H and O–H groups in total. The summed E-state index contributed by atoms with van der Waals surface area (Å²) in [6.45, 7) is 4.05. The minimum absolute atomic E-state index is 0.0521. The fourth-order valence-corrected chi connectivity index (χ4v) is 5.43. The summed E-state index contributed by atoms with van der Waals surface area (Å²) in [6.07, 6.45) is 4.84. The lowest BCUT2D eigenvalue weighted by Crippen LogP contribution is -2.53. The summed E-state index contributed by atoms with van der Waals surface area (Å²) in [5.41, 5.74) is 0. The Morgan fingerprint density at radius 1 is 1.11 bits per heavy atom. The van der Waals surface area contributed by atoms with E-state index in [0.717, 1.165) is 6.42 Å². The molecule has 2 unspecified atom stereocenters. The van der Waals surface area contributed by atoms with Crippen molar-refractivity contribution in [2.45, 2.75) is 43.5 Å². The van der Waals surface area contributed by atoms with Gasteiger partial charge in [-0.15, -0.1) is 0 Å². The van der Waals surface area contributed by atoms with Gasteiger partial charge >= 0.3 is 0 Å². The van der Waals surface area contributed by atoms with Crippen LogP contribution in [0, 0.1) is 5.92 Å². The normalized spacial score (nSPS) is 24.7. The van der Waals surface area contributed by atoms with Crippen LogP contribution in [0.1, 0.15) is 32.6 Å². The molecule has 0 aromatic heterocycles. The highest BCUT2D eigenvalue weighted by Crippen LogP contribution is 2.24. The van der Waals surface area contributed by atoms with Crippen molar-refractivity contribution in [1.82, 2.24) is 14.5 Å². The first-order chi connectivity index (χ1) is 12.9. The van der Waals surface area contributed by atoms with Gasteiger partial charge in [0, 0.05) is 37.2 Å².